The third kappa shape index (κ3) is 6.35. The van der Waals surface area contributed by atoms with Crippen LogP contribution in [0, 0.1) is 0 Å². The molecule has 0 aromatic heterocycles. The maximum Gasteiger partial charge on any atom is 0.408 e. The second kappa shape index (κ2) is 9.42. The van der Waals surface area contributed by atoms with Crippen LogP contribution in [0.4, 0.5) is 4.79 Å². The topological polar surface area (TPSA) is 114 Å². The first kappa shape index (κ1) is 18.4. The van der Waals surface area contributed by atoms with Crippen LogP contribution in [0.2, 0.25) is 0 Å². The van der Waals surface area contributed by atoms with E-state index in [-0.39, 0.29) is 6.61 Å². The molecule has 1 aromatic carbocycles. The van der Waals surface area contributed by atoms with Gasteiger partial charge < -0.3 is 25.2 Å². The van der Waals surface area contributed by atoms with Crippen molar-refractivity contribution in [2.24, 2.45) is 0 Å². The smallest absolute Gasteiger partial charge is 0.408 e. The molecule has 0 saturated heterocycles. The number of amides is 2. The molecule has 126 valence electrons. The predicted molar refractivity (Wildman–Crippen MR) is 80.3 cm³/mol. The minimum absolute atomic E-state index is 0.0719. The molecule has 2 unspecified atom stereocenters. The van der Waals surface area contributed by atoms with E-state index in [1.54, 1.807) is 12.1 Å². The molecular weight excluding hydrogens is 304 g/mol. The molecule has 0 spiro atoms. The molecule has 0 fully saturated rings. The SMILES string of the molecule is COC(=O)C(CO)NC(=O)C(C)NC(=O)OCc1ccccc1. The first-order chi connectivity index (χ1) is 11.0. The number of aliphatic hydroxyl groups is 1. The lowest BCUT2D eigenvalue weighted by molar-refractivity contribution is -0.146. The molecule has 2 atom stereocenters. The molecule has 0 aliphatic heterocycles. The van der Waals surface area contributed by atoms with Crippen molar-refractivity contribution in [1.29, 1.82) is 0 Å². The van der Waals surface area contributed by atoms with Gasteiger partial charge in [0.1, 0.15) is 12.6 Å². The third-order valence-corrected chi connectivity index (χ3v) is 2.93. The molecule has 0 heterocycles. The molecular formula is C15H20N2O6. The van der Waals surface area contributed by atoms with Gasteiger partial charge in [0.25, 0.3) is 0 Å². The summed E-state index contributed by atoms with van der Waals surface area (Å²) < 4.78 is 9.40. The van der Waals surface area contributed by atoms with Gasteiger partial charge in [0.15, 0.2) is 6.04 Å². The monoisotopic (exact) mass is 324 g/mol. The van der Waals surface area contributed by atoms with E-state index in [0.29, 0.717) is 0 Å². The number of carbonyl (C=O) groups is 3. The zero-order valence-electron chi connectivity index (χ0n) is 12.9. The van der Waals surface area contributed by atoms with Gasteiger partial charge in [-0.2, -0.15) is 0 Å². The molecule has 1 aromatic rings. The van der Waals surface area contributed by atoms with Gasteiger partial charge >= 0.3 is 12.1 Å². The molecule has 23 heavy (non-hydrogen) atoms. The van der Waals surface area contributed by atoms with E-state index >= 15 is 0 Å². The Labute approximate surface area is 133 Å². The number of carbonyl (C=O) groups excluding carboxylic acids is 3. The summed E-state index contributed by atoms with van der Waals surface area (Å²) in [7, 11) is 1.14. The van der Waals surface area contributed by atoms with E-state index in [4.69, 9.17) is 9.84 Å². The van der Waals surface area contributed by atoms with E-state index in [2.05, 4.69) is 15.4 Å². The van der Waals surface area contributed by atoms with Crippen molar-refractivity contribution < 1.29 is 29.0 Å². The Morgan fingerprint density at radius 3 is 2.39 bits per heavy atom. The number of nitrogens with one attached hydrogen (secondary N) is 2. The summed E-state index contributed by atoms with van der Waals surface area (Å²) in [5.74, 6) is -1.43. The van der Waals surface area contributed by atoms with Gasteiger partial charge in [-0.25, -0.2) is 9.59 Å². The van der Waals surface area contributed by atoms with Crippen LogP contribution in [0.5, 0.6) is 0 Å². The highest BCUT2D eigenvalue weighted by atomic mass is 16.5. The van der Waals surface area contributed by atoms with E-state index in [1.807, 2.05) is 18.2 Å². The molecule has 0 radical (unpaired) electrons. The third-order valence-electron chi connectivity index (χ3n) is 2.93. The van der Waals surface area contributed by atoms with Gasteiger partial charge in [-0.3, -0.25) is 4.79 Å². The van der Waals surface area contributed by atoms with E-state index in [1.165, 1.54) is 6.92 Å². The zero-order valence-corrected chi connectivity index (χ0v) is 12.9. The molecule has 8 nitrogen and oxygen atoms in total. The molecule has 3 N–H and O–H groups in total. The number of ether oxygens (including phenoxy) is 2. The van der Waals surface area contributed by atoms with Crippen molar-refractivity contribution in [1.82, 2.24) is 10.6 Å². The molecule has 2 amide bonds. The quantitative estimate of drug-likeness (QED) is 0.606. The van der Waals surface area contributed by atoms with Gasteiger partial charge in [-0.15, -0.1) is 0 Å². The fraction of sp³-hybridized carbons (Fsp3) is 0.400. The second-order valence-corrected chi connectivity index (χ2v) is 4.69. The summed E-state index contributed by atoms with van der Waals surface area (Å²) in [6.45, 7) is 0.886. The van der Waals surface area contributed by atoms with Crippen LogP contribution in [-0.4, -0.2) is 48.9 Å². The highest BCUT2D eigenvalue weighted by Gasteiger charge is 2.24. The van der Waals surface area contributed by atoms with Crippen molar-refractivity contribution in [3.05, 3.63) is 35.9 Å². The summed E-state index contributed by atoms with van der Waals surface area (Å²) in [6, 6.07) is 6.93. The normalized spacial score (nSPS) is 12.7. The Bertz CT molecular complexity index is 534. The fourth-order valence-corrected chi connectivity index (χ4v) is 1.63. The first-order valence-electron chi connectivity index (χ1n) is 6.94. The number of hydrogen-bond donors (Lipinski definition) is 3. The number of alkyl carbamates (subject to hydrolysis) is 1. The lowest BCUT2D eigenvalue weighted by atomic mass is 10.2. The highest BCUT2D eigenvalue weighted by Crippen LogP contribution is 2.00. The lowest BCUT2D eigenvalue weighted by Gasteiger charge is -2.18. The van der Waals surface area contributed by atoms with Gasteiger partial charge in [0.2, 0.25) is 5.91 Å². The van der Waals surface area contributed by atoms with Gasteiger partial charge in [-0.1, -0.05) is 30.3 Å². The van der Waals surface area contributed by atoms with Gasteiger partial charge in [-0.05, 0) is 12.5 Å². The summed E-state index contributed by atoms with van der Waals surface area (Å²) in [5.41, 5.74) is 0.811. The lowest BCUT2D eigenvalue weighted by Crippen LogP contribution is -2.51. The van der Waals surface area contributed by atoms with Crippen molar-refractivity contribution in [3.63, 3.8) is 0 Å². The van der Waals surface area contributed by atoms with Crippen molar-refractivity contribution in [2.45, 2.75) is 25.6 Å². The number of benzene rings is 1. The van der Waals surface area contributed by atoms with Gasteiger partial charge in [0, 0.05) is 0 Å². The van der Waals surface area contributed by atoms with Crippen LogP contribution in [0.3, 0.4) is 0 Å². The summed E-state index contributed by atoms with van der Waals surface area (Å²) in [4.78, 5) is 34.7. The molecule has 1 rings (SSSR count). The minimum Gasteiger partial charge on any atom is -0.467 e. The average Bonchev–Trinajstić information content (AvgIpc) is 2.57. The van der Waals surface area contributed by atoms with Crippen LogP contribution >= 0.6 is 0 Å². The fourth-order valence-electron chi connectivity index (χ4n) is 1.63. The van der Waals surface area contributed by atoms with Crippen LogP contribution in [-0.2, 0) is 25.7 Å². The van der Waals surface area contributed by atoms with E-state index in [0.717, 1.165) is 12.7 Å². The first-order valence-corrected chi connectivity index (χ1v) is 6.94. The second-order valence-electron chi connectivity index (χ2n) is 4.69. The zero-order chi connectivity index (χ0) is 17.2. The maximum atomic E-state index is 11.8. The van der Waals surface area contributed by atoms with E-state index < -0.39 is 36.7 Å². The van der Waals surface area contributed by atoms with Crippen LogP contribution in [0.15, 0.2) is 30.3 Å². The minimum atomic E-state index is -1.18. The van der Waals surface area contributed by atoms with Crippen molar-refractivity contribution >= 4 is 18.0 Å². The summed E-state index contributed by atoms with van der Waals surface area (Å²) >= 11 is 0. The number of esters is 1. The Balaban J connectivity index is 2.41. The van der Waals surface area contributed by atoms with Crippen LogP contribution in [0.25, 0.3) is 0 Å². The number of methoxy groups -OCH3 is 1. The van der Waals surface area contributed by atoms with Crippen molar-refractivity contribution in [3.8, 4) is 0 Å². The Morgan fingerprint density at radius 1 is 1.17 bits per heavy atom. The average molecular weight is 324 g/mol. The summed E-state index contributed by atoms with van der Waals surface area (Å²) in [5, 5.41) is 13.6. The largest absolute Gasteiger partial charge is 0.467 e. The number of rotatable bonds is 7. The van der Waals surface area contributed by atoms with Crippen LogP contribution in [0.1, 0.15) is 12.5 Å². The predicted octanol–water partition coefficient (Wildman–Crippen LogP) is -0.0486. The molecule has 0 aliphatic carbocycles. The Hall–Kier alpha value is -2.61. The molecule has 0 bridgehead atoms. The Morgan fingerprint density at radius 2 is 1.83 bits per heavy atom. The summed E-state index contributed by atoms with van der Waals surface area (Å²) in [6.07, 6.45) is -0.768. The van der Waals surface area contributed by atoms with Crippen LogP contribution < -0.4 is 10.6 Å². The van der Waals surface area contributed by atoms with E-state index in [9.17, 15) is 14.4 Å². The highest BCUT2D eigenvalue weighted by molar-refractivity contribution is 5.89. The van der Waals surface area contributed by atoms with Gasteiger partial charge in [0.05, 0.1) is 13.7 Å². The number of hydrogen-bond acceptors (Lipinski definition) is 6. The maximum absolute atomic E-state index is 11.8. The van der Waals surface area contributed by atoms with Crippen molar-refractivity contribution in [2.75, 3.05) is 13.7 Å². The number of aliphatic hydroxyl groups excluding tert-OH is 1. The Kier molecular flexibility index (Phi) is 7.55. The molecule has 0 aliphatic rings. The molecule has 8 heteroatoms. The molecule has 0 saturated carbocycles. The standard InChI is InChI=1S/C15H20N2O6/c1-10(13(19)17-12(8-18)14(20)22-2)16-15(21)23-9-11-6-4-3-5-7-11/h3-7,10,12,18H,8-9H2,1-2H3,(H,16,21)(H,17,19).